The van der Waals surface area contributed by atoms with Crippen LogP contribution in [0.1, 0.15) is 16.7 Å². The summed E-state index contributed by atoms with van der Waals surface area (Å²) in [6.07, 6.45) is 3.65. The normalized spacial score (nSPS) is 11.1. The average Bonchev–Trinajstić information content (AvgIpc) is 2.74. The van der Waals surface area contributed by atoms with E-state index in [1.807, 2.05) is 12.3 Å². The molecule has 0 bridgehead atoms. The highest BCUT2D eigenvalue weighted by Crippen LogP contribution is 2.19. The van der Waals surface area contributed by atoms with Crippen molar-refractivity contribution in [2.24, 2.45) is 4.99 Å². The standard InChI is InChI=1S/C23H28N4O.HI/c1-17-9-10-18(16-21(17)28-3)11-14-26-23(24-2)27-15-12-20-7-4-6-19-8-5-13-25-22(19)20;/h4-10,13,16H,11-12,14-15H2,1-3H3,(H2,24,26,27);1H. The molecule has 0 radical (unpaired) electrons. The maximum absolute atomic E-state index is 5.40. The number of hydrogen-bond donors (Lipinski definition) is 2. The maximum Gasteiger partial charge on any atom is 0.190 e. The maximum atomic E-state index is 5.40. The number of hydrogen-bond acceptors (Lipinski definition) is 3. The molecule has 0 aliphatic rings. The molecule has 0 spiro atoms. The Morgan fingerprint density at radius 3 is 2.55 bits per heavy atom. The predicted octanol–water partition coefficient (Wildman–Crippen LogP) is 4.12. The minimum Gasteiger partial charge on any atom is -0.496 e. The van der Waals surface area contributed by atoms with Gasteiger partial charge in [0, 0.05) is 31.7 Å². The zero-order valence-electron chi connectivity index (χ0n) is 17.2. The predicted molar refractivity (Wildman–Crippen MR) is 132 cm³/mol. The fourth-order valence-electron chi connectivity index (χ4n) is 3.25. The molecule has 3 rings (SSSR count). The summed E-state index contributed by atoms with van der Waals surface area (Å²) >= 11 is 0. The van der Waals surface area contributed by atoms with Crippen molar-refractivity contribution in [2.75, 3.05) is 27.2 Å². The number of benzene rings is 2. The zero-order valence-corrected chi connectivity index (χ0v) is 19.6. The van der Waals surface area contributed by atoms with Gasteiger partial charge in [-0.25, -0.2) is 0 Å². The van der Waals surface area contributed by atoms with Crippen LogP contribution in [0.3, 0.4) is 0 Å². The van der Waals surface area contributed by atoms with Gasteiger partial charge in [-0.15, -0.1) is 24.0 Å². The van der Waals surface area contributed by atoms with E-state index in [0.717, 1.165) is 48.7 Å². The number of rotatable bonds is 7. The lowest BCUT2D eigenvalue weighted by molar-refractivity contribution is 0.411. The lowest BCUT2D eigenvalue weighted by atomic mass is 10.1. The minimum absolute atomic E-state index is 0. The van der Waals surface area contributed by atoms with E-state index in [1.165, 1.54) is 16.5 Å². The van der Waals surface area contributed by atoms with Crippen LogP contribution in [0, 0.1) is 6.92 Å². The van der Waals surface area contributed by atoms with Crippen molar-refractivity contribution in [3.8, 4) is 5.75 Å². The van der Waals surface area contributed by atoms with E-state index in [-0.39, 0.29) is 24.0 Å². The smallest absolute Gasteiger partial charge is 0.190 e. The summed E-state index contributed by atoms with van der Waals surface area (Å²) in [5.41, 5.74) is 4.71. The van der Waals surface area contributed by atoms with Crippen molar-refractivity contribution >= 4 is 40.8 Å². The van der Waals surface area contributed by atoms with Gasteiger partial charge in [0.15, 0.2) is 5.96 Å². The van der Waals surface area contributed by atoms with Gasteiger partial charge in [-0.3, -0.25) is 9.98 Å². The Hall–Kier alpha value is -2.35. The van der Waals surface area contributed by atoms with Gasteiger partial charge in [0.05, 0.1) is 12.6 Å². The monoisotopic (exact) mass is 504 g/mol. The molecule has 0 aliphatic carbocycles. The van der Waals surface area contributed by atoms with E-state index < -0.39 is 0 Å². The Bertz CT molecular complexity index is 953. The molecule has 29 heavy (non-hydrogen) atoms. The topological polar surface area (TPSA) is 58.5 Å². The Labute approximate surface area is 190 Å². The van der Waals surface area contributed by atoms with Gasteiger partial charge >= 0.3 is 0 Å². The molecule has 3 aromatic rings. The molecule has 0 saturated carbocycles. The number of guanidine groups is 1. The Balaban J connectivity index is 0.00000300. The van der Waals surface area contributed by atoms with Gasteiger partial charge in [0.2, 0.25) is 0 Å². The summed E-state index contributed by atoms with van der Waals surface area (Å²) in [5, 5.41) is 7.94. The molecule has 154 valence electrons. The largest absolute Gasteiger partial charge is 0.496 e. The fourth-order valence-corrected chi connectivity index (χ4v) is 3.25. The highest BCUT2D eigenvalue weighted by molar-refractivity contribution is 14.0. The molecule has 0 unspecified atom stereocenters. The van der Waals surface area contributed by atoms with Crippen molar-refractivity contribution in [3.63, 3.8) is 0 Å². The second kappa shape index (κ2) is 11.6. The average molecular weight is 504 g/mol. The molecule has 2 aromatic carbocycles. The highest BCUT2D eigenvalue weighted by atomic mass is 127. The molecular weight excluding hydrogens is 475 g/mol. The number of fused-ring (bicyclic) bond motifs is 1. The van der Waals surface area contributed by atoms with Crippen LogP contribution in [0.15, 0.2) is 59.7 Å². The fraction of sp³-hybridized carbons (Fsp3) is 0.304. The summed E-state index contributed by atoms with van der Waals surface area (Å²) in [6, 6.07) is 16.7. The van der Waals surface area contributed by atoms with Gasteiger partial charge < -0.3 is 15.4 Å². The van der Waals surface area contributed by atoms with Crippen LogP contribution in [0.4, 0.5) is 0 Å². The number of para-hydroxylation sites is 1. The first-order valence-electron chi connectivity index (χ1n) is 9.62. The molecule has 0 fully saturated rings. The van der Waals surface area contributed by atoms with Gasteiger partial charge in [-0.1, -0.05) is 36.4 Å². The minimum atomic E-state index is 0. The highest BCUT2D eigenvalue weighted by Gasteiger charge is 2.04. The van der Waals surface area contributed by atoms with Crippen LogP contribution in [-0.4, -0.2) is 38.2 Å². The lowest BCUT2D eigenvalue weighted by Crippen LogP contribution is -2.39. The van der Waals surface area contributed by atoms with Crippen molar-refractivity contribution < 1.29 is 4.74 Å². The first kappa shape index (κ1) is 22.9. The Morgan fingerprint density at radius 2 is 1.79 bits per heavy atom. The number of nitrogens with one attached hydrogen (secondary N) is 2. The summed E-state index contributed by atoms with van der Waals surface area (Å²) in [7, 11) is 3.51. The van der Waals surface area contributed by atoms with Gasteiger partial charge in [0.25, 0.3) is 0 Å². The van der Waals surface area contributed by atoms with Crippen molar-refractivity contribution in [2.45, 2.75) is 19.8 Å². The van der Waals surface area contributed by atoms with Crippen LogP contribution in [0.2, 0.25) is 0 Å². The molecule has 2 N–H and O–H groups in total. The van der Waals surface area contributed by atoms with Crippen LogP contribution in [-0.2, 0) is 12.8 Å². The van der Waals surface area contributed by atoms with Gasteiger partial charge in [0.1, 0.15) is 5.75 Å². The number of aromatic nitrogens is 1. The Kier molecular flexibility index (Phi) is 9.18. The van der Waals surface area contributed by atoms with E-state index in [2.05, 4.69) is 70.0 Å². The number of ether oxygens (including phenoxy) is 1. The number of aryl methyl sites for hydroxylation is 1. The molecule has 5 nitrogen and oxygen atoms in total. The lowest BCUT2D eigenvalue weighted by Gasteiger charge is -2.13. The zero-order chi connectivity index (χ0) is 19.8. The second-order valence-electron chi connectivity index (χ2n) is 6.72. The number of pyridine rings is 1. The molecule has 0 amide bonds. The first-order chi connectivity index (χ1) is 13.7. The van der Waals surface area contributed by atoms with Gasteiger partial charge in [-0.2, -0.15) is 0 Å². The van der Waals surface area contributed by atoms with Crippen LogP contribution in [0.5, 0.6) is 5.75 Å². The third kappa shape index (κ3) is 6.32. The molecule has 6 heteroatoms. The third-order valence-electron chi connectivity index (χ3n) is 4.81. The molecular formula is C23H29IN4O. The SMILES string of the molecule is CN=C(NCCc1ccc(C)c(OC)c1)NCCc1cccc2cccnc12.I. The first-order valence-corrected chi connectivity index (χ1v) is 9.62. The van der Waals surface area contributed by atoms with E-state index in [1.54, 1.807) is 14.2 Å². The quantitative estimate of drug-likeness (QED) is 0.289. The van der Waals surface area contributed by atoms with Crippen molar-refractivity contribution in [1.82, 2.24) is 15.6 Å². The van der Waals surface area contributed by atoms with Crippen LogP contribution in [0.25, 0.3) is 10.9 Å². The van der Waals surface area contributed by atoms with Crippen LogP contribution >= 0.6 is 24.0 Å². The second-order valence-corrected chi connectivity index (χ2v) is 6.72. The summed E-state index contributed by atoms with van der Waals surface area (Å²) in [4.78, 5) is 8.83. The van der Waals surface area contributed by atoms with Crippen molar-refractivity contribution in [1.29, 1.82) is 0 Å². The number of nitrogens with zero attached hydrogens (tertiary/aromatic N) is 2. The summed E-state index contributed by atoms with van der Waals surface area (Å²) < 4.78 is 5.40. The van der Waals surface area contributed by atoms with E-state index in [9.17, 15) is 0 Å². The van der Waals surface area contributed by atoms with Crippen molar-refractivity contribution in [3.05, 3.63) is 71.4 Å². The molecule has 0 aliphatic heterocycles. The molecule has 0 atom stereocenters. The molecule has 0 saturated heterocycles. The molecule has 1 aromatic heterocycles. The number of methoxy groups -OCH3 is 1. The number of aliphatic imine (C=N–C) groups is 1. The van der Waals surface area contributed by atoms with E-state index in [4.69, 9.17) is 4.74 Å². The van der Waals surface area contributed by atoms with Crippen LogP contribution < -0.4 is 15.4 Å². The Morgan fingerprint density at radius 1 is 1.03 bits per heavy atom. The van der Waals surface area contributed by atoms with E-state index in [0.29, 0.717) is 0 Å². The molecule has 1 heterocycles. The van der Waals surface area contributed by atoms with Gasteiger partial charge in [-0.05, 0) is 48.6 Å². The summed E-state index contributed by atoms with van der Waals surface area (Å²) in [6.45, 7) is 3.66. The number of halogens is 1. The van der Waals surface area contributed by atoms with E-state index >= 15 is 0 Å². The summed E-state index contributed by atoms with van der Waals surface area (Å²) in [5.74, 6) is 1.75. The third-order valence-corrected chi connectivity index (χ3v) is 4.81.